The van der Waals surface area contributed by atoms with Crippen LogP contribution in [0.15, 0.2) is 12.4 Å². The van der Waals surface area contributed by atoms with Gasteiger partial charge in [-0.25, -0.2) is 9.97 Å². The number of nitrogens with zero attached hydrogens (tertiary/aromatic N) is 2. The van der Waals surface area contributed by atoms with E-state index in [1.807, 2.05) is 6.07 Å². The standard InChI is InChI=1S/C15H27N3O/c1-5-9-16-13(8-6-7-12(2)3)14-10-15(19-4)18-11-17-14/h10-13,16H,5-9H2,1-4H3. The number of aromatic nitrogens is 2. The fourth-order valence-electron chi connectivity index (χ4n) is 2.06. The molecule has 108 valence electrons. The molecule has 1 unspecified atom stereocenters. The van der Waals surface area contributed by atoms with E-state index in [1.165, 1.54) is 12.8 Å². The summed E-state index contributed by atoms with van der Waals surface area (Å²) in [6.45, 7) is 7.72. The molecular formula is C15H27N3O. The molecule has 19 heavy (non-hydrogen) atoms. The minimum absolute atomic E-state index is 0.301. The average molecular weight is 265 g/mol. The molecule has 0 amide bonds. The van der Waals surface area contributed by atoms with Gasteiger partial charge in [0.05, 0.1) is 12.8 Å². The zero-order valence-corrected chi connectivity index (χ0v) is 12.6. The van der Waals surface area contributed by atoms with Crippen molar-refractivity contribution in [2.75, 3.05) is 13.7 Å². The molecule has 0 aromatic carbocycles. The first kappa shape index (κ1) is 15.9. The Labute approximate surface area is 117 Å². The van der Waals surface area contributed by atoms with Crippen LogP contribution in [0.4, 0.5) is 0 Å². The van der Waals surface area contributed by atoms with Crippen LogP contribution in [0.5, 0.6) is 5.88 Å². The molecule has 1 aromatic rings. The van der Waals surface area contributed by atoms with E-state index in [0.717, 1.165) is 31.0 Å². The van der Waals surface area contributed by atoms with Gasteiger partial charge >= 0.3 is 0 Å². The molecule has 0 aliphatic heterocycles. The summed E-state index contributed by atoms with van der Waals surface area (Å²) in [5.41, 5.74) is 1.03. The van der Waals surface area contributed by atoms with Crippen molar-refractivity contribution in [2.45, 2.75) is 52.5 Å². The van der Waals surface area contributed by atoms with Crippen LogP contribution in [0, 0.1) is 5.92 Å². The van der Waals surface area contributed by atoms with Crippen LogP contribution in [0.3, 0.4) is 0 Å². The van der Waals surface area contributed by atoms with Crippen LogP contribution in [0.25, 0.3) is 0 Å². The van der Waals surface area contributed by atoms with Gasteiger partial charge in [-0.15, -0.1) is 0 Å². The number of nitrogens with one attached hydrogen (secondary N) is 1. The summed E-state index contributed by atoms with van der Waals surface area (Å²) in [6.07, 6.45) is 6.29. The van der Waals surface area contributed by atoms with E-state index in [1.54, 1.807) is 13.4 Å². The largest absolute Gasteiger partial charge is 0.481 e. The van der Waals surface area contributed by atoms with Gasteiger partial charge in [0.15, 0.2) is 0 Å². The van der Waals surface area contributed by atoms with Crippen molar-refractivity contribution in [1.82, 2.24) is 15.3 Å². The Balaban J connectivity index is 2.65. The Morgan fingerprint density at radius 3 is 2.68 bits per heavy atom. The van der Waals surface area contributed by atoms with Crippen LogP contribution in [-0.2, 0) is 0 Å². The van der Waals surface area contributed by atoms with Crippen molar-refractivity contribution < 1.29 is 4.74 Å². The van der Waals surface area contributed by atoms with Crippen molar-refractivity contribution in [3.63, 3.8) is 0 Å². The molecular weight excluding hydrogens is 238 g/mol. The topological polar surface area (TPSA) is 47.0 Å². The van der Waals surface area contributed by atoms with Crippen molar-refractivity contribution in [1.29, 1.82) is 0 Å². The van der Waals surface area contributed by atoms with Gasteiger partial charge in [-0.1, -0.05) is 33.6 Å². The van der Waals surface area contributed by atoms with Crippen LogP contribution in [0.2, 0.25) is 0 Å². The number of hydrogen-bond donors (Lipinski definition) is 1. The van der Waals surface area contributed by atoms with Crippen LogP contribution in [-0.4, -0.2) is 23.6 Å². The van der Waals surface area contributed by atoms with Crippen LogP contribution < -0.4 is 10.1 Å². The van der Waals surface area contributed by atoms with E-state index in [0.29, 0.717) is 11.9 Å². The summed E-state index contributed by atoms with van der Waals surface area (Å²) in [4.78, 5) is 8.45. The van der Waals surface area contributed by atoms with E-state index >= 15 is 0 Å². The molecule has 0 saturated heterocycles. The van der Waals surface area contributed by atoms with Gasteiger partial charge in [-0.05, 0) is 25.3 Å². The van der Waals surface area contributed by atoms with Crippen molar-refractivity contribution in [3.05, 3.63) is 18.1 Å². The fraction of sp³-hybridized carbons (Fsp3) is 0.733. The third-order valence-electron chi connectivity index (χ3n) is 3.14. The second-order valence-corrected chi connectivity index (χ2v) is 5.32. The molecule has 4 nitrogen and oxygen atoms in total. The minimum atomic E-state index is 0.301. The number of methoxy groups -OCH3 is 1. The number of ether oxygens (including phenoxy) is 1. The summed E-state index contributed by atoms with van der Waals surface area (Å²) in [5, 5.41) is 3.56. The highest BCUT2D eigenvalue weighted by atomic mass is 16.5. The molecule has 0 aliphatic rings. The van der Waals surface area contributed by atoms with Gasteiger partial charge < -0.3 is 10.1 Å². The van der Waals surface area contributed by atoms with Crippen LogP contribution >= 0.6 is 0 Å². The molecule has 1 rings (SSSR count). The lowest BCUT2D eigenvalue weighted by Crippen LogP contribution is -2.23. The Morgan fingerprint density at radius 2 is 2.05 bits per heavy atom. The molecule has 0 saturated carbocycles. The fourth-order valence-corrected chi connectivity index (χ4v) is 2.06. The Bertz CT molecular complexity index is 355. The SMILES string of the molecule is CCCNC(CCCC(C)C)c1cc(OC)ncn1. The molecule has 0 spiro atoms. The Morgan fingerprint density at radius 1 is 1.26 bits per heavy atom. The molecule has 0 aliphatic carbocycles. The van der Waals surface area contributed by atoms with Crippen molar-refractivity contribution in [2.24, 2.45) is 5.92 Å². The third-order valence-corrected chi connectivity index (χ3v) is 3.14. The lowest BCUT2D eigenvalue weighted by atomic mass is 10.0. The molecule has 4 heteroatoms. The summed E-state index contributed by atoms with van der Waals surface area (Å²) in [7, 11) is 1.64. The first-order chi connectivity index (χ1) is 9.17. The highest BCUT2D eigenvalue weighted by Gasteiger charge is 2.13. The maximum absolute atomic E-state index is 5.17. The summed E-state index contributed by atoms with van der Waals surface area (Å²) in [5.74, 6) is 1.39. The Hall–Kier alpha value is -1.16. The molecule has 1 aromatic heterocycles. The zero-order valence-electron chi connectivity index (χ0n) is 12.6. The van der Waals surface area contributed by atoms with Gasteiger partial charge in [0, 0.05) is 12.1 Å². The Kier molecular flexibility index (Phi) is 7.41. The zero-order chi connectivity index (χ0) is 14.1. The van der Waals surface area contributed by atoms with Gasteiger partial charge in [0.25, 0.3) is 0 Å². The highest BCUT2D eigenvalue weighted by molar-refractivity contribution is 5.16. The maximum Gasteiger partial charge on any atom is 0.216 e. The predicted molar refractivity (Wildman–Crippen MR) is 78.3 cm³/mol. The second-order valence-electron chi connectivity index (χ2n) is 5.32. The lowest BCUT2D eigenvalue weighted by molar-refractivity contribution is 0.391. The first-order valence-corrected chi connectivity index (χ1v) is 7.26. The molecule has 0 bridgehead atoms. The second kappa shape index (κ2) is 8.86. The summed E-state index contributed by atoms with van der Waals surface area (Å²) in [6, 6.07) is 2.23. The van der Waals surface area contributed by atoms with E-state index in [-0.39, 0.29) is 0 Å². The smallest absolute Gasteiger partial charge is 0.216 e. The number of hydrogen-bond acceptors (Lipinski definition) is 4. The van der Waals surface area contributed by atoms with Gasteiger partial charge in [-0.3, -0.25) is 0 Å². The lowest BCUT2D eigenvalue weighted by Gasteiger charge is -2.18. The van der Waals surface area contributed by atoms with Gasteiger partial charge in [0.1, 0.15) is 6.33 Å². The van der Waals surface area contributed by atoms with Crippen molar-refractivity contribution >= 4 is 0 Å². The van der Waals surface area contributed by atoms with Gasteiger partial charge in [-0.2, -0.15) is 0 Å². The number of rotatable bonds is 9. The first-order valence-electron chi connectivity index (χ1n) is 7.26. The quantitative estimate of drug-likeness (QED) is 0.744. The summed E-state index contributed by atoms with van der Waals surface area (Å²) >= 11 is 0. The average Bonchev–Trinajstić information content (AvgIpc) is 2.42. The molecule has 1 N–H and O–H groups in total. The molecule has 0 fully saturated rings. The van der Waals surface area contributed by atoms with E-state index in [4.69, 9.17) is 4.74 Å². The molecule has 1 atom stereocenters. The third kappa shape index (κ3) is 6.01. The maximum atomic E-state index is 5.17. The van der Waals surface area contributed by atoms with Gasteiger partial charge in [0.2, 0.25) is 5.88 Å². The highest BCUT2D eigenvalue weighted by Crippen LogP contribution is 2.21. The van der Waals surface area contributed by atoms with E-state index in [2.05, 4.69) is 36.1 Å². The molecule has 1 heterocycles. The normalized spacial score (nSPS) is 12.7. The molecule has 0 radical (unpaired) electrons. The predicted octanol–water partition coefficient (Wildman–Crippen LogP) is 3.35. The van der Waals surface area contributed by atoms with Crippen LogP contribution in [0.1, 0.15) is 58.2 Å². The summed E-state index contributed by atoms with van der Waals surface area (Å²) < 4.78 is 5.17. The van der Waals surface area contributed by atoms with Crippen molar-refractivity contribution in [3.8, 4) is 5.88 Å². The monoisotopic (exact) mass is 265 g/mol. The van der Waals surface area contributed by atoms with E-state index in [9.17, 15) is 0 Å². The van der Waals surface area contributed by atoms with E-state index < -0.39 is 0 Å². The minimum Gasteiger partial charge on any atom is -0.481 e.